The summed E-state index contributed by atoms with van der Waals surface area (Å²) in [5.41, 5.74) is 3.04. The van der Waals surface area contributed by atoms with Gasteiger partial charge in [-0.3, -0.25) is 4.99 Å². The molecule has 0 amide bonds. The first kappa shape index (κ1) is 19.0. The van der Waals surface area contributed by atoms with Crippen LogP contribution in [0.15, 0.2) is 52.5 Å². The van der Waals surface area contributed by atoms with Crippen molar-refractivity contribution in [1.82, 2.24) is 0 Å². The lowest BCUT2D eigenvalue weighted by Crippen LogP contribution is -2.03. The maximum atomic E-state index is 8.84. The number of allylic oxidation sites excluding steroid dienone is 5. The molecule has 0 bridgehead atoms. The molecule has 0 spiro atoms. The fourth-order valence-corrected chi connectivity index (χ4v) is 1.16. The van der Waals surface area contributed by atoms with Crippen LogP contribution in [-0.2, 0) is 0 Å². The lowest BCUT2D eigenvalue weighted by atomic mass is 9.87. The monoisotopic (exact) mass is 245 g/mol. The highest BCUT2D eigenvalue weighted by atomic mass is 16.3. The van der Waals surface area contributed by atoms with Crippen molar-refractivity contribution in [1.29, 1.82) is 0 Å². The van der Waals surface area contributed by atoms with Gasteiger partial charge in [-0.15, -0.1) is 0 Å². The highest BCUT2D eigenvalue weighted by Crippen LogP contribution is 2.13. The summed E-state index contributed by atoms with van der Waals surface area (Å²) in [6, 6.07) is 0. The average Bonchev–Trinajstić information content (AvgIpc) is 2.43. The van der Waals surface area contributed by atoms with Crippen LogP contribution in [0.25, 0.3) is 0 Å². The van der Waals surface area contributed by atoms with E-state index in [1.54, 1.807) is 19.2 Å². The summed E-state index contributed by atoms with van der Waals surface area (Å²) >= 11 is 0. The second kappa shape index (κ2) is 12.1. The molecule has 1 N–H and O–H groups in total. The third-order valence-electron chi connectivity index (χ3n) is 1.86. The second-order valence-corrected chi connectivity index (χ2v) is 3.00. The minimum atomic E-state index is -0.0576. The van der Waals surface area contributed by atoms with Gasteiger partial charge in [0.05, 0.1) is 12.3 Å². The molecule has 0 aliphatic heterocycles. The van der Waals surface area contributed by atoms with E-state index < -0.39 is 0 Å². The van der Waals surface area contributed by atoms with Gasteiger partial charge in [-0.1, -0.05) is 51.9 Å². The number of aliphatic imine (C=N–C) groups is 1. The number of aliphatic hydroxyl groups is 1. The Morgan fingerprint density at radius 3 is 2.33 bits per heavy atom. The Morgan fingerprint density at radius 2 is 1.89 bits per heavy atom. The number of aliphatic hydroxyl groups excluding tert-OH is 1. The maximum absolute atomic E-state index is 8.84. The smallest absolute Gasteiger partial charge is 0.113 e. The fourth-order valence-electron chi connectivity index (χ4n) is 1.16. The van der Waals surface area contributed by atoms with Crippen molar-refractivity contribution >= 4 is 13.6 Å². The fraction of sp³-hybridized carbons (Fsp3) is 0.400. The van der Waals surface area contributed by atoms with E-state index in [-0.39, 0.29) is 6.61 Å². The zero-order chi connectivity index (χ0) is 14.6. The topological polar surface area (TPSA) is 32.6 Å². The molecule has 0 heterocycles. The lowest BCUT2D eigenvalue weighted by Gasteiger charge is -2.09. The van der Waals surface area contributed by atoms with E-state index in [1.165, 1.54) is 0 Å². The van der Waals surface area contributed by atoms with Gasteiger partial charge in [0, 0.05) is 7.05 Å². The van der Waals surface area contributed by atoms with Crippen molar-refractivity contribution < 1.29 is 5.11 Å². The van der Waals surface area contributed by atoms with Crippen molar-refractivity contribution in [2.45, 2.75) is 27.7 Å². The first-order chi connectivity index (χ1) is 8.67. The van der Waals surface area contributed by atoms with Gasteiger partial charge in [0.25, 0.3) is 0 Å². The summed E-state index contributed by atoms with van der Waals surface area (Å²) < 4.78 is 0. The number of nitrogens with zero attached hydrogens (tertiary/aromatic N) is 1. The summed E-state index contributed by atoms with van der Waals surface area (Å²) in [6.07, 6.45) is 7.22. The van der Waals surface area contributed by atoms with Crippen molar-refractivity contribution in [2.75, 3.05) is 13.7 Å². The van der Waals surface area contributed by atoms with Gasteiger partial charge in [0.1, 0.15) is 7.85 Å². The molecule has 1 aliphatic carbocycles. The van der Waals surface area contributed by atoms with Crippen LogP contribution in [0.5, 0.6) is 0 Å². The zero-order valence-electron chi connectivity index (χ0n) is 12.2. The third kappa shape index (κ3) is 7.07. The Hall–Kier alpha value is -1.35. The van der Waals surface area contributed by atoms with Crippen LogP contribution in [0.2, 0.25) is 0 Å². The highest BCUT2D eigenvalue weighted by molar-refractivity contribution is 6.27. The first-order valence-corrected chi connectivity index (χ1v) is 6.30. The van der Waals surface area contributed by atoms with E-state index in [1.807, 2.05) is 39.8 Å². The van der Waals surface area contributed by atoms with E-state index in [4.69, 9.17) is 13.0 Å². The summed E-state index contributed by atoms with van der Waals surface area (Å²) in [6.45, 7) is 11.6. The largest absolute Gasteiger partial charge is 0.392 e. The van der Waals surface area contributed by atoms with E-state index >= 15 is 0 Å². The molecule has 1 rings (SSSR count). The molecule has 0 atom stereocenters. The molecule has 2 nitrogen and oxygen atoms in total. The summed E-state index contributed by atoms with van der Waals surface area (Å²) in [5.74, 6) is 0. The van der Waals surface area contributed by atoms with Gasteiger partial charge in [0.2, 0.25) is 0 Å². The number of hydrogen-bond donors (Lipinski definition) is 1. The third-order valence-corrected chi connectivity index (χ3v) is 1.86. The van der Waals surface area contributed by atoms with Crippen LogP contribution in [-0.4, -0.2) is 32.3 Å². The van der Waals surface area contributed by atoms with Gasteiger partial charge in [-0.25, -0.2) is 0 Å². The van der Waals surface area contributed by atoms with Crippen LogP contribution in [0.4, 0.5) is 0 Å². The van der Waals surface area contributed by atoms with E-state index in [9.17, 15) is 0 Å². The van der Waals surface area contributed by atoms with Crippen LogP contribution < -0.4 is 0 Å². The molecular formula is C15H24BNO. The van der Waals surface area contributed by atoms with Crippen molar-refractivity contribution in [3.63, 3.8) is 0 Å². The van der Waals surface area contributed by atoms with E-state index in [0.717, 1.165) is 11.3 Å². The Bertz CT molecular complexity index is 363. The van der Waals surface area contributed by atoms with Gasteiger partial charge < -0.3 is 5.11 Å². The highest BCUT2D eigenvalue weighted by Gasteiger charge is 2.05. The Morgan fingerprint density at radius 1 is 1.33 bits per heavy atom. The molecule has 0 saturated heterocycles. The van der Waals surface area contributed by atoms with Crippen molar-refractivity contribution in [3.8, 4) is 0 Å². The molecule has 98 valence electrons. The molecule has 0 fully saturated rings. The molecule has 0 saturated carbocycles. The Labute approximate surface area is 113 Å². The van der Waals surface area contributed by atoms with Crippen molar-refractivity contribution in [3.05, 3.63) is 47.5 Å². The first-order valence-electron chi connectivity index (χ1n) is 6.30. The van der Waals surface area contributed by atoms with Crippen LogP contribution in [0.1, 0.15) is 27.7 Å². The standard InChI is InChI=1S/C11H12BNO.2C2H6/c1-8(7-14)5-9-6-10(12)3-4-11(9)13-2;2*1-2/h3-6,14H,1,7H2,2H3;2*1-2H3/b9-5-,13-11?;;. The normalized spacial score (nSPS) is 17.3. The second-order valence-electron chi connectivity index (χ2n) is 3.00. The molecule has 0 aromatic rings. The quantitative estimate of drug-likeness (QED) is 0.744. The maximum Gasteiger partial charge on any atom is 0.113 e. The minimum absolute atomic E-state index is 0.0576. The summed E-state index contributed by atoms with van der Waals surface area (Å²) in [5, 5.41) is 8.84. The molecular weight excluding hydrogens is 221 g/mol. The van der Waals surface area contributed by atoms with Gasteiger partial charge in [-0.2, -0.15) is 0 Å². The Kier molecular flexibility index (Phi) is 12.8. The molecule has 0 aromatic carbocycles. The van der Waals surface area contributed by atoms with Crippen LogP contribution in [0.3, 0.4) is 0 Å². The Balaban J connectivity index is 0. The van der Waals surface area contributed by atoms with Gasteiger partial charge in [-0.05, 0) is 23.3 Å². The molecule has 0 unspecified atom stereocenters. The van der Waals surface area contributed by atoms with Crippen LogP contribution >= 0.6 is 0 Å². The lowest BCUT2D eigenvalue weighted by molar-refractivity contribution is 0.335. The van der Waals surface area contributed by atoms with E-state index in [0.29, 0.717) is 11.0 Å². The predicted molar refractivity (Wildman–Crippen MR) is 83.3 cm³/mol. The SMILES string of the molecule is CC.CC.[B]C1=C/C(=C/C(=C)CO)C(=NC)C=C1. The zero-order valence-corrected chi connectivity index (χ0v) is 12.2. The van der Waals surface area contributed by atoms with E-state index in [2.05, 4.69) is 11.6 Å². The molecule has 1 aliphatic rings. The van der Waals surface area contributed by atoms with Crippen LogP contribution in [0, 0.1) is 0 Å². The average molecular weight is 245 g/mol. The summed E-state index contributed by atoms with van der Waals surface area (Å²) in [4.78, 5) is 4.09. The number of rotatable bonds is 2. The minimum Gasteiger partial charge on any atom is -0.392 e. The molecule has 3 heteroatoms. The summed E-state index contributed by atoms with van der Waals surface area (Å²) in [7, 11) is 7.36. The van der Waals surface area contributed by atoms with Crippen molar-refractivity contribution in [2.24, 2.45) is 4.99 Å². The van der Waals surface area contributed by atoms with Gasteiger partial charge in [0.15, 0.2) is 0 Å². The molecule has 2 radical (unpaired) electrons. The van der Waals surface area contributed by atoms with Gasteiger partial charge >= 0.3 is 0 Å². The number of hydrogen-bond acceptors (Lipinski definition) is 2. The predicted octanol–water partition coefficient (Wildman–Crippen LogP) is 3.21. The molecule has 18 heavy (non-hydrogen) atoms. The molecule has 0 aromatic heterocycles.